The van der Waals surface area contributed by atoms with Crippen molar-refractivity contribution in [1.82, 2.24) is 14.9 Å². The quantitative estimate of drug-likeness (QED) is 0.439. The highest BCUT2D eigenvalue weighted by Crippen LogP contribution is 2.36. The molecule has 2 heterocycles. The van der Waals surface area contributed by atoms with Crippen molar-refractivity contribution < 1.29 is 22.3 Å². The molecule has 0 saturated carbocycles. The minimum absolute atomic E-state index is 0.0907. The molecule has 0 spiro atoms. The number of hydrogen-bond acceptors (Lipinski definition) is 5. The van der Waals surface area contributed by atoms with E-state index in [1.165, 1.54) is 12.1 Å². The third kappa shape index (κ3) is 4.94. The molecule has 1 aliphatic rings. The van der Waals surface area contributed by atoms with Crippen molar-refractivity contribution in [3.63, 3.8) is 0 Å². The minimum atomic E-state index is -4.77. The topological polar surface area (TPSA) is 50.3 Å². The first-order valence-electron chi connectivity index (χ1n) is 11.3. The summed E-state index contributed by atoms with van der Waals surface area (Å²) in [6.45, 7) is 6.89. The highest BCUT2D eigenvalue weighted by molar-refractivity contribution is 5.91. The van der Waals surface area contributed by atoms with Gasteiger partial charge in [-0.3, -0.25) is 0 Å². The summed E-state index contributed by atoms with van der Waals surface area (Å²) < 4.78 is 60.4. The number of benzene rings is 2. The van der Waals surface area contributed by atoms with Gasteiger partial charge in [-0.2, -0.15) is 13.2 Å². The van der Waals surface area contributed by atoms with Crippen molar-refractivity contribution in [3.05, 3.63) is 58.7 Å². The Morgan fingerprint density at radius 1 is 1.21 bits per heavy atom. The summed E-state index contributed by atoms with van der Waals surface area (Å²) in [4.78, 5) is 11.2. The Hall–Kier alpha value is -2.94. The Morgan fingerprint density at radius 3 is 2.65 bits per heavy atom. The van der Waals surface area contributed by atoms with E-state index in [0.717, 1.165) is 31.0 Å². The monoisotopic (exact) mass is 476 g/mol. The summed E-state index contributed by atoms with van der Waals surface area (Å²) in [5.41, 5.74) is 0.224. The van der Waals surface area contributed by atoms with Crippen LogP contribution in [0.5, 0.6) is 5.75 Å². The van der Waals surface area contributed by atoms with Crippen LogP contribution in [0, 0.1) is 19.7 Å². The van der Waals surface area contributed by atoms with Gasteiger partial charge in [0.05, 0.1) is 17.1 Å². The van der Waals surface area contributed by atoms with Gasteiger partial charge in [0.15, 0.2) is 0 Å². The first-order chi connectivity index (χ1) is 16.0. The van der Waals surface area contributed by atoms with Crippen LogP contribution in [-0.4, -0.2) is 41.1 Å². The molecule has 1 N–H and O–H groups in total. The number of nitrogens with zero attached hydrogens (tertiary/aromatic N) is 3. The smallest absolute Gasteiger partial charge is 0.419 e. The van der Waals surface area contributed by atoms with E-state index in [1.54, 1.807) is 13.8 Å². The summed E-state index contributed by atoms with van der Waals surface area (Å²) in [5, 5.41) is 3.75. The number of aryl methyl sites for hydroxylation is 2. The summed E-state index contributed by atoms with van der Waals surface area (Å²) in [5.74, 6) is 0.314. The lowest BCUT2D eigenvalue weighted by molar-refractivity contribution is -0.140. The average molecular weight is 477 g/mol. The lowest BCUT2D eigenvalue weighted by Crippen LogP contribution is -2.30. The van der Waals surface area contributed by atoms with Crippen LogP contribution in [0.4, 0.5) is 23.4 Å². The highest BCUT2D eigenvalue weighted by atomic mass is 19.4. The Labute approximate surface area is 196 Å². The van der Waals surface area contributed by atoms with Crippen LogP contribution >= 0.6 is 0 Å². The van der Waals surface area contributed by atoms with E-state index in [0.29, 0.717) is 40.9 Å². The van der Waals surface area contributed by atoms with Crippen LogP contribution in [-0.2, 0) is 6.18 Å². The largest absolute Gasteiger partial charge is 0.492 e. The summed E-state index contributed by atoms with van der Waals surface area (Å²) in [6.07, 6.45) is -2.54. The van der Waals surface area contributed by atoms with Crippen molar-refractivity contribution >= 4 is 16.7 Å². The number of ether oxygens (including phenoxy) is 1. The van der Waals surface area contributed by atoms with Crippen LogP contribution in [0.3, 0.4) is 0 Å². The Bertz CT molecular complexity index is 1200. The fraction of sp³-hybridized carbons (Fsp3) is 0.440. The van der Waals surface area contributed by atoms with Crippen molar-refractivity contribution in [2.24, 2.45) is 0 Å². The van der Waals surface area contributed by atoms with Crippen molar-refractivity contribution in [1.29, 1.82) is 0 Å². The van der Waals surface area contributed by atoms with Gasteiger partial charge in [0.1, 0.15) is 29.8 Å². The van der Waals surface area contributed by atoms with Crippen LogP contribution in [0.2, 0.25) is 0 Å². The van der Waals surface area contributed by atoms with E-state index in [2.05, 4.69) is 27.2 Å². The zero-order valence-electron chi connectivity index (χ0n) is 19.6. The lowest BCUT2D eigenvalue weighted by atomic mass is 10.0. The predicted molar refractivity (Wildman–Crippen MR) is 124 cm³/mol. The summed E-state index contributed by atoms with van der Waals surface area (Å²) in [7, 11) is 2.08. The molecule has 0 bridgehead atoms. The number of rotatable bonds is 6. The lowest BCUT2D eigenvalue weighted by Gasteiger charge is -2.21. The summed E-state index contributed by atoms with van der Waals surface area (Å²) >= 11 is 0. The zero-order chi connectivity index (χ0) is 24.6. The molecule has 182 valence electrons. The van der Waals surface area contributed by atoms with E-state index in [4.69, 9.17) is 4.74 Å². The number of alkyl halides is 3. The molecule has 1 fully saturated rings. The third-order valence-corrected chi connectivity index (χ3v) is 6.36. The van der Waals surface area contributed by atoms with Gasteiger partial charge in [-0.05, 0) is 71.0 Å². The first kappa shape index (κ1) is 24.2. The van der Waals surface area contributed by atoms with Gasteiger partial charge in [0, 0.05) is 17.0 Å². The van der Waals surface area contributed by atoms with Gasteiger partial charge in [-0.1, -0.05) is 12.1 Å². The predicted octanol–water partition coefficient (Wildman–Crippen LogP) is 6.05. The van der Waals surface area contributed by atoms with E-state index in [1.807, 2.05) is 19.1 Å². The molecule has 2 aromatic carbocycles. The molecule has 0 amide bonds. The van der Waals surface area contributed by atoms with Gasteiger partial charge < -0.3 is 15.0 Å². The molecular formula is C25H28F4N4O. The molecule has 2 atom stereocenters. The maximum Gasteiger partial charge on any atom is 0.419 e. The zero-order valence-corrected chi connectivity index (χ0v) is 19.6. The molecule has 0 unspecified atom stereocenters. The number of aromatic nitrogens is 2. The van der Waals surface area contributed by atoms with Gasteiger partial charge in [0.2, 0.25) is 0 Å². The van der Waals surface area contributed by atoms with Crippen LogP contribution < -0.4 is 10.1 Å². The van der Waals surface area contributed by atoms with Gasteiger partial charge in [0.25, 0.3) is 0 Å². The Kier molecular flexibility index (Phi) is 6.66. The molecule has 4 rings (SSSR count). The second kappa shape index (κ2) is 9.37. The molecule has 5 nitrogen and oxygen atoms in total. The number of nitrogens with one attached hydrogen (secondary N) is 1. The van der Waals surface area contributed by atoms with Gasteiger partial charge >= 0.3 is 6.18 Å². The Morgan fingerprint density at radius 2 is 1.97 bits per heavy atom. The number of likely N-dealkylation sites (N-methyl/N-ethyl adjacent to an activating group) is 1. The first-order valence-corrected chi connectivity index (χ1v) is 11.3. The second-order valence-corrected chi connectivity index (χ2v) is 8.91. The van der Waals surface area contributed by atoms with Crippen molar-refractivity contribution in [2.75, 3.05) is 25.5 Å². The third-order valence-electron chi connectivity index (χ3n) is 6.36. The molecule has 1 aliphatic heterocycles. The highest BCUT2D eigenvalue weighted by Gasteiger charge is 2.35. The van der Waals surface area contributed by atoms with Crippen molar-refractivity contribution in [2.45, 2.75) is 51.9 Å². The van der Waals surface area contributed by atoms with Gasteiger partial charge in [-0.25, -0.2) is 14.4 Å². The normalized spacial score (nSPS) is 17.8. The minimum Gasteiger partial charge on any atom is -0.492 e. The fourth-order valence-electron chi connectivity index (χ4n) is 4.40. The van der Waals surface area contributed by atoms with Crippen LogP contribution in [0.15, 0.2) is 30.3 Å². The number of fused-ring (bicyclic) bond motifs is 1. The molecule has 1 aromatic heterocycles. The molecular weight excluding hydrogens is 448 g/mol. The maximum absolute atomic E-state index is 14.7. The Balaban J connectivity index is 1.65. The van der Waals surface area contributed by atoms with E-state index < -0.39 is 23.6 Å². The maximum atomic E-state index is 14.7. The molecule has 1 saturated heterocycles. The molecule has 9 heteroatoms. The van der Waals surface area contributed by atoms with Gasteiger partial charge in [-0.15, -0.1) is 0 Å². The number of anilines is 1. The van der Waals surface area contributed by atoms with E-state index in [-0.39, 0.29) is 5.56 Å². The summed E-state index contributed by atoms with van der Waals surface area (Å²) in [6, 6.07) is 6.62. The number of likely N-dealkylation sites (tertiary alicyclic amines) is 1. The second-order valence-electron chi connectivity index (χ2n) is 8.91. The molecule has 0 radical (unpaired) electrons. The van der Waals surface area contributed by atoms with Crippen molar-refractivity contribution in [3.8, 4) is 5.75 Å². The SMILES string of the molecule is Cc1nc(N[C@H](C)c2cccc(C(F)(F)F)c2F)c2cc(OC[C@@H]3CCCN3C)c(C)cc2n1. The number of halogens is 4. The average Bonchev–Trinajstić information content (AvgIpc) is 3.16. The standard InChI is InChI=1S/C25H28F4N4O/c1-14-11-21-19(12-22(14)34-13-17-7-6-10-33(17)4)24(32-16(3)31-21)30-15(2)18-8-5-9-20(23(18)26)25(27,28)29/h5,8-9,11-12,15,17H,6-7,10,13H2,1-4H3,(H,30,31,32)/t15-,17+/m1/s1. The van der Waals surface area contributed by atoms with E-state index >= 15 is 0 Å². The number of hydrogen-bond donors (Lipinski definition) is 1. The van der Waals surface area contributed by atoms with Crippen LogP contribution in [0.1, 0.15) is 48.3 Å². The van der Waals surface area contributed by atoms with E-state index in [9.17, 15) is 17.6 Å². The fourth-order valence-corrected chi connectivity index (χ4v) is 4.40. The molecule has 3 aromatic rings. The molecule has 34 heavy (non-hydrogen) atoms. The molecule has 0 aliphatic carbocycles. The van der Waals surface area contributed by atoms with Crippen LogP contribution in [0.25, 0.3) is 10.9 Å².